The smallest absolute Gasteiger partial charge is 0.149 e. The Labute approximate surface area is 107 Å². The highest BCUT2D eigenvalue weighted by Gasteiger charge is 2.08. The van der Waals surface area contributed by atoms with Gasteiger partial charge in [-0.25, -0.2) is 12.8 Å². The molecule has 0 saturated carbocycles. The van der Waals surface area contributed by atoms with Crippen LogP contribution in [0.4, 0.5) is 10.1 Å². The third-order valence-corrected chi connectivity index (χ3v) is 3.65. The Morgan fingerprint density at radius 3 is 2.62 bits per heavy atom. The second-order valence-corrected chi connectivity index (χ2v) is 6.82. The molecule has 0 bridgehead atoms. The second kappa shape index (κ2) is 5.33. The van der Waals surface area contributed by atoms with Crippen LogP contribution in [0.5, 0.6) is 0 Å². The van der Waals surface area contributed by atoms with Gasteiger partial charge < -0.3 is 5.32 Å². The molecule has 0 aliphatic heterocycles. The van der Waals surface area contributed by atoms with Crippen molar-refractivity contribution in [2.24, 2.45) is 0 Å². The molecule has 0 atom stereocenters. The lowest BCUT2D eigenvalue weighted by Crippen LogP contribution is -2.14. The van der Waals surface area contributed by atoms with Gasteiger partial charge in [0.05, 0.1) is 16.5 Å². The van der Waals surface area contributed by atoms with Crippen LogP contribution in [0.25, 0.3) is 0 Å². The van der Waals surface area contributed by atoms with E-state index in [2.05, 4.69) is 21.2 Å². The van der Waals surface area contributed by atoms with Gasteiger partial charge in [-0.1, -0.05) is 11.6 Å². The van der Waals surface area contributed by atoms with Crippen molar-refractivity contribution in [2.45, 2.75) is 0 Å². The molecule has 0 heterocycles. The van der Waals surface area contributed by atoms with Crippen molar-refractivity contribution >= 4 is 43.1 Å². The van der Waals surface area contributed by atoms with Gasteiger partial charge in [0, 0.05) is 17.3 Å². The van der Waals surface area contributed by atoms with Gasteiger partial charge in [0.1, 0.15) is 15.7 Å². The summed E-state index contributed by atoms with van der Waals surface area (Å²) in [7, 11) is -3.02. The van der Waals surface area contributed by atoms with Gasteiger partial charge in [0.15, 0.2) is 0 Å². The maximum atomic E-state index is 12.9. The average molecular weight is 331 g/mol. The number of hydrogen-bond donors (Lipinski definition) is 1. The summed E-state index contributed by atoms with van der Waals surface area (Å²) in [6, 6.07) is 2.42. The van der Waals surface area contributed by atoms with Crippen LogP contribution < -0.4 is 5.32 Å². The fourth-order valence-corrected chi connectivity index (χ4v) is 2.50. The van der Waals surface area contributed by atoms with E-state index in [1.54, 1.807) is 0 Å². The van der Waals surface area contributed by atoms with Crippen LogP contribution in [0.2, 0.25) is 5.02 Å². The molecule has 0 fully saturated rings. The molecule has 0 amide bonds. The number of hydrogen-bond acceptors (Lipinski definition) is 3. The summed E-state index contributed by atoms with van der Waals surface area (Å²) in [5.41, 5.74) is 0.492. The quantitative estimate of drug-likeness (QED) is 0.923. The number of anilines is 1. The van der Waals surface area contributed by atoms with Crippen molar-refractivity contribution in [3.63, 3.8) is 0 Å². The minimum atomic E-state index is -3.02. The van der Waals surface area contributed by atoms with Gasteiger partial charge >= 0.3 is 0 Å². The van der Waals surface area contributed by atoms with Gasteiger partial charge in [-0.3, -0.25) is 0 Å². The number of nitrogens with one attached hydrogen (secondary N) is 1. The molecular weight excluding hydrogens is 321 g/mol. The van der Waals surface area contributed by atoms with Crippen LogP contribution in [-0.2, 0) is 9.84 Å². The zero-order chi connectivity index (χ0) is 12.3. The van der Waals surface area contributed by atoms with Crippen molar-refractivity contribution < 1.29 is 12.8 Å². The molecule has 0 unspecified atom stereocenters. The summed E-state index contributed by atoms with van der Waals surface area (Å²) in [6.07, 6.45) is 1.15. The van der Waals surface area contributed by atoms with Crippen LogP contribution in [0.1, 0.15) is 0 Å². The fourth-order valence-electron chi connectivity index (χ4n) is 1.07. The molecule has 0 aliphatic carbocycles. The third-order valence-electron chi connectivity index (χ3n) is 1.78. The molecule has 1 N–H and O–H groups in total. The molecule has 0 radical (unpaired) electrons. The summed E-state index contributed by atoms with van der Waals surface area (Å²) >= 11 is 8.95. The van der Waals surface area contributed by atoms with E-state index in [0.717, 1.165) is 12.3 Å². The Balaban J connectivity index is 2.75. The lowest BCUT2D eigenvalue weighted by molar-refractivity contribution is 0.602. The highest BCUT2D eigenvalue weighted by Crippen LogP contribution is 2.31. The zero-order valence-electron chi connectivity index (χ0n) is 8.43. The number of halogens is 3. The Kier molecular flexibility index (Phi) is 4.58. The van der Waals surface area contributed by atoms with Crippen molar-refractivity contribution in [3.8, 4) is 0 Å². The summed E-state index contributed by atoms with van der Waals surface area (Å²) in [6.45, 7) is 0.225. The van der Waals surface area contributed by atoms with Gasteiger partial charge in [-0.15, -0.1) is 0 Å². The molecule has 0 spiro atoms. The van der Waals surface area contributed by atoms with Crippen molar-refractivity contribution in [2.75, 3.05) is 23.9 Å². The second-order valence-electron chi connectivity index (χ2n) is 3.30. The molecular formula is C9H10BrClFNO2S. The molecule has 90 valence electrons. The van der Waals surface area contributed by atoms with E-state index in [-0.39, 0.29) is 17.3 Å². The van der Waals surface area contributed by atoms with Crippen molar-refractivity contribution in [3.05, 3.63) is 27.4 Å². The van der Waals surface area contributed by atoms with Gasteiger partial charge in [0.2, 0.25) is 0 Å². The zero-order valence-corrected chi connectivity index (χ0v) is 11.6. The van der Waals surface area contributed by atoms with Crippen LogP contribution >= 0.6 is 27.5 Å². The first-order valence-corrected chi connectivity index (χ1v) is 7.59. The van der Waals surface area contributed by atoms with Crippen molar-refractivity contribution in [1.29, 1.82) is 0 Å². The fraction of sp³-hybridized carbons (Fsp3) is 0.333. The maximum absolute atomic E-state index is 12.9. The van der Waals surface area contributed by atoms with Crippen LogP contribution in [0.15, 0.2) is 16.6 Å². The number of benzene rings is 1. The molecule has 1 aromatic carbocycles. The first kappa shape index (κ1) is 13.7. The molecule has 1 aromatic rings. The highest BCUT2D eigenvalue weighted by atomic mass is 79.9. The standard InChI is InChI=1S/C9H10BrClFNO2S/c1-16(14,15)3-2-13-9-7(10)4-6(12)5-8(9)11/h4-5,13H,2-3H2,1H3. The predicted molar refractivity (Wildman–Crippen MR) is 67.3 cm³/mol. The minimum absolute atomic E-state index is 0.00680. The summed E-state index contributed by atoms with van der Waals surface area (Å²) < 4.78 is 35.1. The predicted octanol–water partition coefficient (Wildman–Crippen LogP) is 2.70. The van der Waals surface area contributed by atoms with Gasteiger partial charge in [0.25, 0.3) is 0 Å². The first-order valence-electron chi connectivity index (χ1n) is 4.36. The molecule has 1 rings (SSSR count). The molecule has 3 nitrogen and oxygen atoms in total. The van der Waals surface area contributed by atoms with Crippen LogP contribution in [0.3, 0.4) is 0 Å². The molecule has 0 aromatic heterocycles. The van der Waals surface area contributed by atoms with E-state index in [1.807, 2.05) is 0 Å². The van der Waals surface area contributed by atoms with E-state index in [1.165, 1.54) is 6.07 Å². The van der Waals surface area contributed by atoms with E-state index in [4.69, 9.17) is 11.6 Å². The van der Waals surface area contributed by atoms with E-state index in [9.17, 15) is 12.8 Å². The van der Waals surface area contributed by atoms with Crippen molar-refractivity contribution in [1.82, 2.24) is 0 Å². The van der Waals surface area contributed by atoms with E-state index >= 15 is 0 Å². The SMILES string of the molecule is CS(=O)(=O)CCNc1c(Cl)cc(F)cc1Br. The molecule has 16 heavy (non-hydrogen) atoms. The molecule has 0 aliphatic rings. The normalized spacial score (nSPS) is 11.5. The lowest BCUT2D eigenvalue weighted by atomic mass is 10.3. The molecule has 7 heteroatoms. The largest absolute Gasteiger partial charge is 0.382 e. The Morgan fingerprint density at radius 1 is 1.50 bits per heavy atom. The minimum Gasteiger partial charge on any atom is -0.382 e. The molecule has 0 saturated heterocycles. The Morgan fingerprint density at radius 2 is 2.12 bits per heavy atom. The Bertz CT molecular complexity index is 469. The van der Waals surface area contributed by atoms with Gasteiger partial charge in [-0.05, 0) is 28.1 Å². The van der Waals surface area contributed by atoms with Crippen LogP contribution in [0, 0.1) is 5.82 Å². The Hall–Kier alpha value is -0.330. The summed E-state index contributed by atoms with van der Waals surface area (Å²) in [5.74, 6) is -0.460. The van der Waals surface area contributed by atoms with Crippen LogP contribution in [-0.4, -0.2) is 27.0 Å². The third kappa shape index (κ3) is 4.27. The summed E-state index contributed by atoms with van der Waals surface area (Å²) in [5, 5.41) is 3.05. The van der Waals surface area contributed by atoms with Gasteiger partial charge in [-0.2, -0.15) is 0 Å². The maximum Gasteiger partial charge on any atom is 0.149 e. The van der Waals surface area contributed by atoms with E-state index < -0.39 is 15.7 Å². The lowest BCUT2D eigenvalue weighted by Gasteiger charge is -2.10. The monoisotopic (exact) mass is 329 g/mol. The highest BCUT2D eigenvalue weighted by molar-refractivity contribution is 9.10. The average Bonchev–Trinajstić information content (AvgIpc) is 2.07. The van der Waals surface area contributed by atoms with E-state index in [0.29, 0.717) is 10.2 Å². The number of sulfone groups is 1. The first-order chi connectivity index (χ1) is 7.29. The number of rotatable bonds is 4. The summed E-state index contributed by atoms with van der Waals surface area (Å²) in [4.78, 5) is 0. The topological polar surface area (TPSA) is 46.2 Å².